The summed E-state index contributed by atoms with van der Waals surface area (Å²) >= 11 is 0. The zero-order valence-electron chi connectivity index (χ0n) is 12.2. The Morgan fingerprint density at radius 1 is 1.23 bits per heavy atom. The molecule has 4 heteroatoms. The number of carbonyl (C=O) groups excluding carboxylic acids is 1. The standard InChI is InChI=1S/C18H17NO3/c20-17-15(12-14-9-4-10-16(14)19-17)18(21)22-11-5-8-13-6-2-1-3-7-13/h1-3,5-8,12H,4,9-11H2,(H,19,20). The van der Waals surface area contributed by atoms with Crippen molar-refractivity contribution in [3.05, 3.63) is 75.2 Å². The van der Waals surface area contributed by atoms with Gasteiger partial charge in [-0.2, -0.15) is 0 Å². The lowest BCUT2D eigenvalue weighted by Gasteiger charge is -2.04. The number of esters is 1. The van der Waals surface area contributed by atoms with E-state index in [2.05, 4.69) is 4.98 Å². The van der Waals surface area contributed by atoms with Crippen LogP contribution in [0.4, 0.5) is 0 Å². The molecule has 0 saturated carbocycles. The highest BCUT2D eigenvalue weighted by atomic mass is 16.5. The fourth-order valence-corrected chi connectivity index (χ4v) is 2.61. The van der Waals surface area contributed by atoms with Gasteiger partial charge in [0.1, 0.15) is 12.2 Å². The van der Waals surface area contributed by atoms with Crippen molar-refractivity contribution in [3.8, 4) is 0 Å². The van der Waals surface area contributed by atoms with E-state index in [4.69, 9.17) is 4.74 Å². The van der Waals surface area contributed by atoms with E-state index in [0.717, 1.165) is 36.1 Å². The monoisotopic (exact) mass is 295 g/mol. The molecule has 1 aromatic heterocycles. The van der Waals surface area contributed by atoms with Crippen molar-refractivity contribution in [1.29, 1.82) is 0 Å². The number of H-pyrrole nitrogens is 1. The van der Waals surface area contributed by atoms with Gasteiger partial charge in [-0.3, -0.25) is 4.79 Å². The van der Waals surface area contributed by atoms with Gasteiger partial charge < -0.3 is 9.72 Å². The van der Waals surface area contributed by atoms with Gasteiger partial charge in [0.25, 0.3) is 5.56 Å². The summed E-state index contributed by atoms with van der Waals surface area (Å²) in [6.07, 6.45) is 6.43. The van der Waals surface area contributed by atoms with E-state index < -0.39 is 5.97 Å². The second-order valence-electron chi connectivity index (χ2n) is 5.28. The zero-order chi connectivity index (χ0) is 15.4. The third-order valence-electron chi connectivity index (χ3n) is 3.73. The molecule has 0 atom stereocenters. The Balaban J connectivity index is 1.63. The number of aryl methyl sites for hydroxylation is 2. The number of pyridine rings is 1. The van der Waals surface area contributed by atoms with E-state index in [1.54, 1.807) is 12.1 Å². The highest BCUT2D eigenvalue weighted by Gasteiger charge is 2.18. The van der Waals surface area contributed by atoms with Gasteiger partial charge >= 0.3 is 5.97 Å². The summed E-state index contributed by atoms with van der Waals surface area (Å²) in [6, 6.07) is 11.4. The van der Waals surface area contributed by atoms with Crippen LogP contribution in [0.3, 0.4) is 0 Å². The molecule has 22 heavy (non-hydrogen) atoms. The number of hydrogen-bond acceptors (Lipinski definition) is 3. The molecule has 2 aromatic rings. The Hall–Kier alpha value is -2.62. The maximum atomic E-state index is 12.0. The van der Waals surface area contributed by atoms with Crippen LogP contribution in [0.5, 0.6) is 0 Å². The van der Waals surface area contributed by atoms with Gasteiger partial charge in [0.2, 0.25) is 0 Å². The Bertz CT molecular complexity index is 760. The van der Waals surface area contributed by atoms with Crippen molar-refractivity contribution in [2.24, 2.45) is 0 Å². The molecule has 112 valence electrons. The van der Waals surface area contributed by atoms with Crippen molar-refractivity contribution in [2.75, 3.05) is 6.61 Å². The van der Waals surface area contributed by atoms with Crippen LogP contribution >= 0.6 is 0 Å². The third-order valence-corrected chi connectivity index (χ3v) is 3.73. The number of rotatable bonds is 4. The van der Waals surface area contributed by atoms with Crippen LogP contribution < -0.4 is 5.56 Å². The highest BCUT2D eigenvalue weighted by Crippen LogP contribution is 2.19. The quantitative estimate of drug-likeness (QED) is 0.882. The maximum Gasteiger partial charge on any atom is 0.344 e. The van der Waals surface area contributed by atoms with Gasteiger partial charge in [-0.1, -0.05) is 36.4 Å². The minimum Gasteiger partial charge on any atom is -0.458 e. The fraction of sp³-hybridized carbons (Fsp3) is 0.222. The van der Waals surface area contributed by atoms with Gasteiger partial charge in [0.05, 0.1) is 0 Å². The molecule has 0 aliphatic heterocycles. The van der Waals surface area contributed by atoms with Crippen LogP contribution in [0.2, 0.25) is 0 Å². The lowest BCUT2D eigenvalue weighted by molar-refractivity contribution is 0.0548. The van der Waals surface area contributed by atoms with Crippen LogP contribution in [0.15, 0.2) is 47.3 Å². The molecule has 1 aromatic carbocycles. The normalized spacial score (nSPS) is 13.3. The SMILES string of the molecule is O=C(OCC=Cc1ccccc1)c1cc2c([nH]c1=O)CCC2. The minimum absolute atomic E-state index is 0.0914. The number of aromatic amines is 1. The molecule has 0 spiro atoms. The van der Waals surface area contributed by atoms with Crippen molar-refractivity contribution >= 4 is 12.0 Å². The first-order valence-corrected chi connectivity index (χ1v) is 7.38. The Morgan fingerprint density at radius 2 is 2.05 bits per heavy atom. The van der Waals surface area contributed by atoms with E-state index in [1.807, 2.05) is 36.4 Å². The molecule has 0 unspecified atom stereocenters. The number of carbonyl (C=O) groups is 1. The predicted octanol–water partition coefficient (Wildman–Crippen LogP) is 2.73. The summed E-state index contributed by atoms with van der Waals surface area (Å²) in [7, 11) is 0. The first kappa shape index (κ1) is 14.3. The van der Waals surface area contributed by atoms with Crippen LogP contribution in [-0.2, 0) is 17.6 Å². The second kappa shape index (κ2) is 6.43. The Morgan fingerprint density at radius 3 is 2.86 bits per heavy atom. The Kier molecular flexibility index (Phi) is 4.19. The molecule has 1 heterocycles. The molecule has 0 radical (unpaired) electrons. The van der Waals surface area contributed by atoms with Gasteiger partial charge in [0.15, 0.2) is 0 Å². The molecule has 1 aliphatic carbocycles. The van der Waals surface area contributed by atoms with Gasteiger partial charge in [-0.25, -0.2) is 4.79 Å². The average molecular weight is 295 g/mol. The van der Waals surface area contributed by atoms with E-state index >= 15 is 0 Å². The smallest absolute Gasteiger partial charge is 0.344 e. The van der Waals surface area contributed by atoms with Crippen molar-refractivity contribution in [1.82, 2.24) is 4.98 Å². The number of fused-ring (bicyclic) bond motifs is 1. The van der Waals surface area contributed by atoms with Gasteiger partial charge in [-0.15, -0.1) is 0 Å². The number of ether oxygens (including phenoxy) is 1. The third kappa shape index (κ3) is 3.17. The molecule has 1 N–H and O–H groups in total. The lowest BCUT2D eigenvalue weighted by Crippen LogP contribution is -2.21. The number of benzene rings is 1. The number of nitrogens with one attached hydrogen (secondary N) is 1. The predicted molar refractivity (Wildman–Crippen MR) is 84.8 cm³/mol. The summed E-state index contributed by atoms with van der Waals surface area (Å²) in [5.74, 6) is -0.575. The largest absolute Gasteiger partial charge is 0.458 e. The van der Waals surface area contributed by atoms with Crippen LogP contribution in [0, 0.1) is 0 Å². The molecule has 4 nitrogen and oxygen atoms in total. The molecule has 0 saturated heterocycles. The van der Waals surface area contributed by atoms with Crippen LogP contribution in [-0.4, -0.2) is 17.6 Å². The van der Waals surface area contributed by atoms with Gasteiger partial charge in [0, 0.05) is 5.69 Å². The highest BCUT2D eigenvalue weighted by molar-refractivity contribution is 5.89. The molecule has 0 amide bonds. The molecule has 0 fully saturated rings. The summed E-state index contributed by atoms with van der Waals surface area (Å²) < 4.78 is 5.14. The van der Waals surface area contributed by atoms with Crippen molar-refractivity contribution < 1.29 is 9.53 Å². The number of hydrogen-bond donors (Lipinski definition) is 1. The average Bonchev–Trinajstić information content (AvgIpc) is 2.98. The molecular formula is C18H17NO3. The van der Waals surface area contributed by atoms with E-state index in [0.29, 0.717) is 0 Å². The molecular weight excluding hydrogens is 278 g/mol. The second-order valence-corrected chi connectivity index (χ2v) is 5.28. The molecule has 3 rings (SSSR count). The topological polar surface area (TPSA) is 59.2 Å². The summed E-state index contributed by atoms with van der Waals surface area (Å²) in [5.41, 5.74) is 2.76. The maximum absolute atomic E-state index is 12.0. The molecule has 0 bridgehead atoms. The fourth-order valence-electron chi connectivity index (χ4n) is 2.61. The van der Waals surface area contributed by atoms with Gasteiger partial charge in [-0.05, 0) is 42.5 Å². The van der Waals surface area contributed by atoms with Crippen molar-refractivity contribution in [2.45, 2.75) is 19.3 Å². The van der Waals surface area contributed by atoms with Crippen LogP contribution in [0.1, 0.15) is 33.6 Å². The minimum atomic E-state index is -0.575. The summed E-state index contributed by atoms with van der Waals surface area (Å²) in [6.45, 7) is 0.143. The lowest BCUT2D eigenvalue weighted by atomic mass is 10.1. The number of aromatic nitrogens is 1. The first-order chi connectivity index (χ1) is 10.7. The van der Waals surface area contributed by atoms with E-state index in [-0.39, 0.29) is 17.7 Å². The summed E-state index contributed by atoms with van der Waals surface area (Å²) in [5, 5.41) is 0. The first-order valence-electron chi connectivity index (χ1n) is 7.38. The van der Waals surface area contributed by atoms with Crippen molar-refractivity contribution in [3.63, 3.8) is 0 Å². The van der Waals surface area contributed by atoms with E-state index in [9.17, 15) is 9.59 Å². The van der Waals surface area contributed by atoms with Crippen LogP contribution in [0.25, 0.3) is 6.08 Å². The van der Waals surface area contributed by atoms with E-state index in [1.165, 1.54) is 0 Å². The summed E-state index contributed by atoms with van der Waals surface area (Å²) in [4.78, 5) is 26.7. The Labute approximate surface area is 128 Å². The molecule has 1 aliphatic rings. The zero-order valence-corrected chi connectivity index (χ0v) is 12.2.